The first kappa shape index (κ1) is 16.4. The fourth-order valence-electron chi connectivity index (χ4n) is 2.15. The average molecular weight is 324 g/mol. The van der Waals surface area contributed by atoms with Gasteiger partial charge in [0.1, 0.15) is 0 Å². The van der Waals surface area contributed by atoms with Crippen LogP contribution in [0.2, 0.25) is 5.02 Å². The lowest BCUT2D eigenvalue weighted by Crippen LogP contribution is -2.11. The first-order valence-electron chi connectivity index (χ1n) is 7.17. The molecule has 2 aromatic rings. The molecule has 0 aliphatic carbocycles. The normalized spacial score (nSPS) is 12.6. The van der Waals surface area contributed by atoms with Crippen LogP contribution < -0.4 is 5.32 Å². The highest BCUT2D eigenvalue weighted by molar-refractivity contribution is 7.98. The van der Waals surface area contributed by atoms with Crippen LogP contribution in [-0.2, 0) is 19.2 Å². The molecule has 114 valence electrons. The van der Waals surface area contributed by atoms with Crippen molar-refractivity contribution in [3.05, 3.63) is 46.2 Å². The van der Waals surface area contributed by atoms with E-state index in [-0.39, 0.29) is 0 Å². The summed E-state index contributed by atoms with van der Waals surface area (Å²) in [5.41, 5.74) is 3.37. The van der Waals surface area contributed by atoms with Crippen LogP contribution in [0.4, 0.5) is 0 Å². The van der Waals surface area contributed by atoms with Crippen LogP contribution in [0.25, 0.3) is 0 Å². The monoisotopic (exact) mass is 323 g/mol. The number of aryl methyl sites for hydroxylation is 2. The van der Waals surface area contributed by atoms with E-state index >= 15 is 0 Å². The molecule has 5 heteroatoms. The van der Waals surface area contributed by atoms with E-state index in [2.05, 4.69) is 48.5 Å². The molecular weight excluding hydrogens is 302 g/mol. The number of thioether (sulfide) groups is 1. The maximum Gasteiger partial charge on any atom is 0.0858 e. The van der Waals surface area contributed by atoms with E-state index in [1.807, 2.05) is 18.8 Å². The summed E-state index contributed by atoms with van der Waals surface area (Å²) in [7, 11) is 3.93. The maximum atomic E-state index is 6.38. The quantitative estimate of drug-likeness (QED) is 0.808. The molecule has 2 rings (SSSR count). The van der Waals surface area contributed by atoms with Crippen LogP contribution in [0.5, 0.6) is 0 Å². The van der Waals surface area contributed by atoms with Crippen molar-refractivity contribution in [3.8, 4) is 0 Å². The zero-order chi connectivity index (χ0) is 15.4. The summed E-state index contributed by atoms with van der Waals surface area (Å²) in [5, 5.41) is 8.51. The molecule has 0 amide bonds. The standard InChI is InChI=1S/C16H22ClN3S/c1-5-14-16(17)15(20(4)19-14)10-21-13-8-6-12(7-9-13)11(2)18-3/h6-9,11,18H,5,10H2,1-4H3. The number of nitrogens with zero attached hydrogens (tertiary/aromatic N) is 2. The third kappa shape index (κ3) is 3.82. The molecule has 1 N–H and O–H groups in total. The molecule has 0 aliphatic rings. The maximum absolute atomic E-state index is 6.38. The third-order valence-corrected chi connectivity index (χ3v) is 5.15. The highest BCUT2D eigenvalue weighted by Gasteiger charge is 2.13. The number of hydrogen-bond acceptors (Lipinski definition) is 3. The van der Waals surface area contributed by atoms with E-state index in [1.165, 1.54) is 10.5 Å². The fourth-order valence-corrected chi connectivity index (χ4v) is 3.55. The lowest BCUT2D eigenvalue weighted by atomic mass is 10.1. The number of hydrogen-bond donors (Lipinski definition) is 1. The van der Waals surface area contributed by atoms with Crippen molar-refractivity contribution in [3.63, 3.8) is 0 Å². The van der Waals surface area contributed by atoms with E-state index in [9.17, 15) is 0 Å². The molecule has 0 aliphatic heterocycles. The van der Waals surface area contributed by atoms with E-state index in [1.54, 1.807) is 11.8 Å². The van der Waals surface area contributed by atoms with Gasteiger partial charge in [-0.1, -0.05) is 30.7 Å². The van der Waals surface area contributed by atoms with Gasteiger partial charge in [0.2, 0.25) is 0 Å². The molecule has 0 saturated heterocycles. The summed E-state index contributed by atoms with van der Waals surface area (Å²) in [4.78, 5) is 1.25. The summed E-state index contributed by atoms with van der Waals surface area (Å²) in [6.45, 7) is 4.23. The summed E-state index contributed by atoms with van der Waals surface area (Å²) in [5.74, 6) is 0.837. The fraction of sp³-hybridized carbons (Fsp3) is 0.438. The lowest BCUT2D eigenvalue weighted by molar-refractivity contribution is 0.652. The second kappa shape index (κ2) is 7.34. The van der Waals surface area contributed by atoms with Gasteiger partial charge in [-0.2, -0.15) is 5.10 Å². The molecule has 1 aromatic heterocycles. The second-order valence-electron chi connectivity index (χ2n) is 5.05. The highest BCUT2D eigenvalue weighted by Crippen LogP contribution is 2.29. The molecule has 21 heavy (non-hydrogen) atoms. The van der Waals surface area contributed by atoms with Crippen LogP contribution >= 0.6 is 23.4 Å². The van der Waals surface area contributed by atoms with Crippen LogP contribution in [0, 0.1) is 0 Å². The predicted octanol–water partition coefficient (Wildman–Crippen LogP) is 4.21. The van der Waals surface area contributed by atoms with Crippen molar-refractivity contribution in [1.82, 2.24) is 15.1 Å². The van der Waals surface area contributed by atoms with Gasteiger partial charge in [-0.25, -0.2) is 0 Å². The minimum absolute atomic E-state index is 0.377. The molecular formula is C16H22ClN3S. The Morgan fingerprint density at radius 2 is 2.00 bits per heavy atom. The van der Waals surface area contributed by atoms with Crippen molar-refractivity contribution >= 4 is 23.4 Å². The van der Waals surface area contributed by atoms with Gasteiger partial charge in [-0.3, -0.25) is 4.68 Å². The molecule has 0 spiro atoms. The third-order valence-electron chi connectivity index (χ3n) is 3.69. The van der Waals surface area contributed by atoms with Crippen molar-refractivity contribution in [2.75, 3.05) is 7.05 Å². The predicted molar refractivity (Wildman–Crippen MR) is 91.1 cm³/mol. The van der Waals surface area contributed by atoms with Gasteiger partial charge < -0.3 is 5.32 Å². The molecule has 0 radical (unpaired) electrons. The highest BCUT2D eigenvalue weighted by atomic mass is 35.5. The number of halogens is 1. The van der Waals surface area contributed by atoms with Gasteiger partial charge in [0, 0.05) is 23.7 Å². The zero-order valence-electron chi connectivity index (χ0n) is 13.0. The minimum atomic E-state index is 0.377. The molecule has 3 nitrogen and oxygen atoms in total. The van der Waals surface area contributed by atoms with Crippen LogP contribution in [0.3, 0.4) is 0 Å². The molecule has 1 atom stereocenters. The number of rotatable bonds is 6. The Hall–Kier alpha value is -0.970. The Bertz CT molecular complexity index is 592. The number of nitrogens with one attached hydrogen (secondary N) is 1. The molecule has 0 fully saturated rings. The number of aromatic nitrogens is 2. The summed E-state index contributed by atoms with van der Waals surface area (Å²) in [6, 6.07) is 9.05. The van der Waals surface area contributed by atoms with Crippen molar-refractivity contribution < 1.29 is 0 Å². The Morgan fingerprint density at radius 1 is 1.33 bits per heavy atom. The first-order chi connectivity index (χ1) is 10.1. The summed E-state index contributed by atoms with van der Waals surface area (Å²) >= 11 is 8.16. The van der Waals surface area contributed by atoms with Crippen molar-refractivity contribution in [2.24, 2.45) is 7.05 Å². The molecule has 1 unspecified atom stereocenters. The van der Waals surface area contributed by atoms with Gasteiger partial charge in [-0.05, 0) is 38.1 Å². The van der Waals surface area contributed by atoms with E-state index in [0.717, 1.165) is 28.6 Å². The summed E-state index contributed by atoms with van der Waals surface area (Å²) < 4.78 is 1.89. The Balaban J connectivity index is 2.05. The molecule has 1 aromatic carbocycles. The SMILES string of the molecule is CCc1nn(C)c(CSc2ccc(C(C)NC)cc2)c1Cl. The topological polar surface area (TPSA) is 29.9 Å². The van der Waals surface area contributed by atoms with Crippen molar-refractivity contribution in [1.29, 1.82) is 0 Å². The second-order valence-corrected chi connectivity index (χ2v) is 6.48. The van der Waals surface area contributed by atoms with Crippen LogP contribution in [0.1, 0.15) is 36.8 Å². The van der Waals surface area contributed by atoms with Crippen LogP contribution in [-0.4, -0.2) is 16.8 Å². The van der Waals surface area contributed by atoms with E-state index < -0.39 is 0 Å². The lowest BCUT2D eigenvalue weighted by Gasteiger charge is -2.11. The Morgan fingerprint density at radius 3 is 2.52 bits per heavy atom. The smallest absolute Gasteiger partial charge is 0.0858 e. The average Bonchev–Trinajstić information content (AvgIpc) is 2.79. The van der Waals surface area contributed by atoms with Gasteiger partial charge in [-0.15, -0.1) is 11.8 Å². The van der Waals surface area contributed by atoms with Gasteiger partial charge in [0.25, 0.3) is 0 Å². The Labute approximate surface area is 136 Å². The minimum Gasteiger partial charge on any atom is -0.313 e. The van der Waals surface area contributed by atoms with Crippen LogP contribution in [0.15, 0.2) is 29.2 Å². The molecule has 0 saturated carbocycles. The zero-order valence-corrected chi connectivity index (χ0v) is 14.6. The molecule has 1 heterocycles. The molecule has 0 bridgehead atoms. The van der Waals surface area contributed by atoms with Gasteiger partial charge in [0.15, 0.2) is 0 Å². The van der Waals surface area contributed by atoms with E-state index in [4.69, 9.17) is 11.6 Å². The first-order valence-corrected chi connectivity index (χ1v) is 8.53. The van der Waals surface area contributed by atoms with E-state index in [0.29, 0.717) is 6.04 Å². The number of benzene rings is 1. The summed E-state index contributed by atoms with van der Waals surface area (Å²) in [6.07, 6.45) is 0.869. The Kier molecular flexibility index (Phi) is 5.73. The largest absolute Gasteiger partial charge is 0.313 e. The van der Waals surface area contributed by atoms with Crippen molar-refractivity contribution in [2.45, 2.75) is 37.0 Å². The van der Waals surface area contributed by atoms with Gasteiger partial charge in [0.05, 0.1) is 16.4 Å². The van der Waals surface area contributed by atoms with Gasteiger partial charge >= 0.3 is 0 Å².